The van der Waals surface area contributed by atoms with Gasteiger partial charge in [0.2, 0.25) is 0 Å². The van der Waals surface area contributed by atoms with E-state index >= 15 is 0 Å². The molecule has 3 aromatic rings. The van der Waals surface area contributed by atoms with Crippen molar-refractivity contribution in [3.05, 3.63) is 100 Å². The molecule has 0 bridgehead atoms. The molecule has 37 heavy (non-hydrogen) atoms. The van der Waals surface area contributed by atoms with E-state index in [4.69, 9.17) is 4.74 Å². The third-order valence-electron chi connectivity index (χ3n) is 5.77. The van der Waals surface area contributed by atoms with E-state index in [1.165, 1.54) is 4.90 Å². The number of nitrogens with one attached hydrogen (secondary N) is 3. The Labute approximate surface area is 223 Å². The second-order valence-corrected chi connectivity index (χ2v) is 9.10. The highest BCUT2D eigenvalue weighted by Gasteiger charge is 2.38. The summed E-state index contributed by atoms with van der Waals surface area (Å²) in [6.07, 6.45) is 0. The number of halogens is 1. The van der Waals surface area contributed by atoms with Gasteiger partial charge in [0, 0.05) is 22.4 Å². The highest BCUT2D eigenvalue weighted by Crippen LogP contribution is 2.37. The van der Waals surface area contributed by atoms with E-state index in [9.17, 15) is 14.4 Å². The molecule has 9 heteroatoms. The van der Waals surface area contributed by atoms with E-state index in [1.54, 1.807) is 43.3 Å². The number of benzene rings is 3. The molecule has 1 aliphatic heterocycles. The topological polar surface area (TPSA) is 99.8 Å². The SMILES string of the molecule is CCOC(=O)C1=C(c2ccccc2)N(CC)C(=O)NC1c1cccc(NC(=O)Nc2ccc(Br)cc2)c1. The molecule has 1 atom stereocenters. The van der Waals surface area contributed by atoms with Gasteiger partial charge in [-0.2, -0.15) is 0 Å². The summed E-state index contributed by atoms with van der Waals surface area (Å²) < 4.78 is 6.33. The molecular formula is C28H27BrN4O4. The quantitative estimate of drug-likeness (QED) is 0.300. The zero-order valence-corrected chi connectivity index (χ0v) is 22.0. The molecule has 3 aromatic carbocycles. The lowest BCUT2D eigenvalue weighted by Crippen LogP contribution is -2.47. The molecule has 0 radical (unpaired) electrons. The second kappa shape index (κ2) is 11.7. The van der Waals surface area contributed by atoms with Gasteiger partial charge in [0.05, 0.1) is 23.9 Å². The van der Waals surface area contributed by atoms with Crippen LogP contribution in [-0.2, 0) is 9.53 Å². The van der Waals surface area contributed by atoms with E-state index in [0.717, 1.165) is 10.0 Å². The Morgan fingerprint density at radius 3 is 2.32 bits per heavy atom. The predicted molar refractivity (Wildman–Crippen MR) is 147 cm³/mol. The average molecular weight is 563 g/mol. The summed E-state index contributed by atoms with van der Waals surface area (Å²) in [4.78, 5) is 40.6. The number of amides is 4. The monoisotopic (exact) mass is 562 g/mol. The molecule has 0 fully saturated rings. The summed E-state index contributed by atoms with van der Waals surface area (Å²) in [6.45, 7) is 4.14. The standard InChI is InChI=1S/C28H27BrN4O4/c1-3-33-25(18-9-6-5-7-10-18)23(26(34)37-4-2)24(32-28(33)36)19-11-8-12-22(17-19)31-27(35)30-21-15-13-20(29)14-16-21/h5-17,24H,3-4H2,1-2H3,(H,32,36)(H2,30,31,35). The molecule has 0 saturated carbocycles. The fourth-order valence-electron chi connectivity index (χ4n) is 4.16. The number of ether oxygens (including phenoxy) is 1. The van der Waals surface area contributed by atoms with Gasteiger partial charge in [-0.15, -0.1) is 0 Å². The first kappa shape index (κ1) is 26.0. The molecule has 0 spiro atoms. The van der Waals surface area contributed by atoms with Gasteiger partial charge in [-0.05, 0) is 61.4 Å². The van der Waals surface area contributed by atoms with Crippen LogP contribution >= 0.6 is 15.9 Å². The molecule has 0 aromatic heterocycles. The largest absolute Gasteiger partial charge is 0.463 e. The number of urea groups is 2. The van der Waals surface area contributed by atoms with Gasteiger partial charge in [-0.3, -0.25) is 4.90 Å². The van der Waals surface area contributed by atoms with Crippen molar-refractivity contribution in [2.75, 3.05) is 23.8 Å². The van der Waals surface area contributed by atoms with Crippen molar-refractivity contribution in [1.29, 1.82) is 0 Å². The Kier molecular flexibility index (Phi) is 8.25. The third-order valence-corrected chi connectivity index (χ3v) is 6.29. The van der Waals surface area contributed by atoms with Gasteiger partial charge in [-0.1, -0.05) is 58.4 Å². The first-order chi connectivity index (χ1) is 17.9. The van der Waals surface area contributed by atoms with Crippen LogP contribution in [0.3, 0.4) is 0 Å². The van der Waals surface area contributed by atoms with Crippen LogP contribution in [0.5, 0.6) is 0 Å². The van der Waals surface area contributed by atoms with Gasteiger partial charge < -0.3 is 20.7 Å². The molecule has 1 aliphatic rings. The van der Waals surface area contributed by atoms with E-state index < -0.39 is 18.0 Å². The zero-order chi connectivity index (χ0) is 26.4. The van der Waals surface area contributed by atoms with Crippen molar-refractivity contribution in [3.63, 3.8) is 0 Å². The minimum Gasteiger partial charge on any atom is -0.463 e. The predicted octanol–water partition coefficient (Wildman–Crippen LogP) is 6.15. The van der Waals surface area contributed by atoms with Gasteiger partial charge in [0.25, 0.3) is 0 Å². The Bertz CT molecular complexity index is 1330. The van der Waals surface area contributed by atoms with Crippen LogP contribution in [0.1, 0.15) is 31.0 Å². The maximum atomic E-state index is 13.3. The van der Waals surface area contributed by atoms with Crippen molar-refractivity contribution in [2.45, 2.75) is 19.9 Å². The maximum Gasteiger partial charge on any atom is 0.338 e. The van der Waals surface area contributed by atoms with E-state index in [-0.39, 0.29) is 12.6 Å². The number of rotatable bonds is 7. The van der Waals surface area contributed by atoms with Crippen molar-refractivity contribution in [1.82, 2.24) is 10.2 Å². The molecule has 3 N–H and O–H groups in total. The molecule has 8 nitrogen and oxygen atoms in total. The van der Waals surface area contributed by atoms with E-state index in [2.05, 4.69) is 31.9 Å². The lowest BCUT2D eigenvalue weighted by Gasteiger charge is -2.36. The number of carbonyl (C=O) groups excluding carboxylic acids is 3. The summed E-state index contributed by atoms with van der Waals surface area (Å²) in [6, 6.07) is 22.0. The molecule has 4 rings (SSSR count). The average Bonchev–Trinajstić information content (AvgIpc) is 2.90. The van der Waals surface area contributed by atoms with Crippen molar-refractivity contribution in [3.8, 4) is 0 Å². The Hall–Kier alpha value is -4.11. The van der Waals surface area contributed by atoms with Crippen LogP contribution in [0.15, 0.2) is 88.9 Å². The summed E-state index contributed by atoms with van der Waals surface area (Å²) in [7, 11) is 0. The first-order valence-electron chi connectivity index (χ1n) is 11.9. The first-order valence-corrected chi connectivity index (χ1v) is 12.7. The van der Waals surface area contributed by atoms with Crippen LogP contribution in [0, 0.1) is 0 Å². The van der Waals surface area contributed by atoms with Crippen LogP contribution in [0.4, 0.5) is 21.0 Å². The molecule has 1 unspecified atom stereocenters. The number of anilines is 2. The van der Waals surface area contributed by atoms with E-state index in [0.29, 0.717) is 34.8 Å². The summed E-state index contributed by atoms with van der Waals surface area (Å²) in [5.74, 6) is -0.517. The van der Waals surface area contributed by atoms with Crippen LogP contribution in [0.25, 0.3) is 5.70 Å². The van der Waals surface area contributed by atoms with Crippen molar-refractivity contribution in [2.24, 2.45) is 0 Å². The summed E-state index contributed by atoms with van der Waals surface area (Å²) in [5.41, 5.74) is 3.32. The maximum absolute atomic E-state index is 13.3. The fourth-order valence-corrected chi connectivity index (χ4v) is 4.43. The summed E-state index contributed by atoms with van der Waals surface area (Å²) >= 11 is 3.37. The molecule has 0 saturated heterocycles. The molecule has 0 aliphatic carbocycles. The van der Waals surface area contributed by atoms with Crippen LogP contribution < -0.4 is 16.0 Å². The second-order valence-electron chi connectivity index (χ2n) is 8.19. The number of esters is 1. The van der Waals surface area contributed by atoms with Crippen LogP contribution in [0.2, 0.25) is 0 Å². The van der Waals surface area contributed by atoms with Gasteiger partial charge >= 0.3 is 18.0 Å². The van der Waals surface area contributed by atoms with E-state index in [1.807, 2.05) is 49.4 Å². The zero-order valence-electron chi connectivity index (χ0n) is 20.5. The van der Waals surface area contributed by atoms with Gasteiger partial charge in [0.1, 0.15) is 0 Å². The molecule has 4 amide bonds. The lowest BCUT2D eigenvalue weighted by molar-refractivity contribution is -0.138. The number of nitrogens with zero attached hydrogens (tertiary/aromatic N) is 1. The Morgan fingerprint density at radius 1 is 0.946 bits per heavy atom. The Morgan fingerprint density at radius 2 is 1.65 bits per heavy atom. The number of hydrogen-bond acceptors (Lipinski definition) is 4. The highest BCUT2D eigenvalue weighted by atomic mass is 79.9. The number of hydrogen-bond donors (Lipinski definition) is 3. The minimum atomic E-state index is -0.777. The lowest BCUT2D eigenvalue weighted by atomic mass is 9.91. The summed E-state index contributed by atoms with van der Waals surface area (Å²) in [5, 5.41) is 8.53. The molecule has 1 heterocycles. The molecule has 190 valence electrons. The fraction of sp³-hybridized carbons (Fsp3) is 0.179. The normalized spacial score (nSPS) is 15.2. The van der Waals surface area contributed by atoms with Gasteiger partial charge in [-0.25, -0.2) is 14.4 Å². The number of carbonyl (C=O) groups is 3. The third kappa shape index (κ3) is 6.00. The smallest absolute Gasteiger partial charge is 0.338 e. The van der Waals surface area contributed by atoms with Gasteiger partial charge in [0.15, 0.2) is 0 Å². The molecular weight excluding hydrogens is 536 g/mol. The van der Waals surface area contributed by atoms with Crippen molar-refractivity contribution < 1.29 is 19.1 Å². The van der Waals surface area contributed by atoms with Crippen LogP contribution in [-0.4, -0.2) is 36.1 Å². The highest BCUT2D eigenvalue weighted by molar-refractivity contribution is 9.10. The van der Waals surface area contributed by atoms with Crippen molar-refractivity contribution >= 4 is 51.0 Å². The Balaban J connectivity index is 1.70. The minimum absolute atomic E-state index is 0.190.